The van der Waals surface area contributed by atoms with E-state index < -0.39 is 46.8 Å². The van der Waals surface area contributed by atoms with Gasteiger partial charge in [0, 0.05) is 12.3 Å². The van der Waals surface area contributed by atoms with Crippen LogP contribution in [0.4, 0.5) is 32.2 Å². The fraction of sp³-hybridized carbons (Fsp3) is 0.182. The third-order valence-corrected chi connectivity index (χ3v) is 4.35. The summed E-state index contributed by atoms with van der Waals surface area (Å²) in [7, 11) is 2.07. The van der Waals surface area contributed by atoms with E-state index >= 15 is 0 Å². The van der Waals surface area contributed by atoms with Gasteiger partial charge >= 0.3 is 12.5 Å². The first-order valence-corrected chi connectivity index (χ1v) is 9.55. The number of hydrogen-bond donors (Lipinski definition) is 1. The molecule has 1 heterocycles. The summed E-state index contributed by atoms with van der Waals surface area (Å²) in [6, 6.07) is 8.81. The van der Waals surface area contributed by atoms with E-state index in [4.69, 9.17) is 14.2 Å². The molecule has 3 rings (SSSR count). The Kier molecular flexibility index (Phi) is 7.27. The molecular weight excluding hydrogens is 486 g/mol. The number of nitrogens with one attached hydrogen (secondary N) is 1. The predicted molar refractivity (Wildman–Crippen MR) is 110 cm³/mol. The zero-order valence-corrected chi connectivity index (χ0v) is 18.0. The number of alkyl halides is 6. The Bertz CT molecular complexity index is 1200. The molecule has 186 valence electrons. The number of aromatic nitrogens is 1. The minimum Gasteiger partial charge on any atom is -0.495 e. The van der Waals surface area contributed by atoms with E-state index in [0.29, 0.717) is 6.07 Å². The Morgan fingerprint density at radius 1 is 0.886 bits per heavy atom. The van der Waals surface area contributed by atoms with E-state index in [9.17, 15) is 31.1 Å². The Morgan fingerprint density at radius 2 is 1.60 bits per heavy atom. The summed E-state index contributed by atoms with van der Waals surface area (Å²) in [4.78, 5) is 16.9. The molecule has 1 N–H and O–H groups in total. The number of carbonyl (C=O) groups is 1. The summed E-state index contributed by atoms with van der Waals surface area (Å²) in [6.07, 6.45) is -8.49. The maximum absolute atomic E-state index is 13.6. The zero-order valence-electron chi connectivity index (χ0n) is 18.0. The average molecular weight is 502 g/mol. The minimum atomic E-state index is -4.97. The lowest BCUT2D eigenvalue weighted by Gasteiger charge is -2.20. The molecule has 0 saturated carbocycles. The summed E-state index contributed by atoms with van der Waals surface area (Å²) < 4.78 is 97.6. The monoisotopic (exact) mass is 502 g/mol. The lowest BCUT2D eigenvalue weighted by molar-refractivity contribution is -0.274. The molecule has 3 aromatic rings. The Hall–Kier alpha value is -4.16. The number of anilines is 1. The number of nitrogens with zero attached hydrogens (tertiary/aromatic N) is 1. The number of rotatable bonds is 7. The van der Waals surface area contributed by atoms with Gasteiger partial charge in [-0.1, -0.05) is 6.07 Å². The van der Waals surface area contributed by atoms with Crippen LogP contribution in [0.3, 0.4) is 0 Å². The fourth-order valence-corrected chi connectivity index (χ4v) is 2.96. The third kappa shape index (κ3) is 6.25. The molecule has 35 heavy (non-hydrogen) atoms. The first kappa shape index (κ1) is 25.5. The molecule has 1 amide bonds. The van der Waals surface area contributed by atoms with Crippen LogP contribution in [0.1, 0.15) is 15.9 Å². The molecule has 0 fully saturated rings. The molecule has 1 aromatic heterocycles. The first-order chi connectivity index (χ1) is 16.4. The van der Waals surface area contributed by atoms with Gasteiger partial charge in [-0.15, -0.1) is 13.2 Å². The lowest BCUT2D eigenvalue weighted by atomic mass is 10.1. The molecule has 0 aliphatic heterocycles. The van der Waals surface area contributed by atoms with Crippen LogP contribution in [-0.4, -0.2) is 31.5 Å². The summed E-state index contributed by atoms with van der Waals surface area (Å²) in [5, 5.41) is 2.35. The van der Waals surface area contributed by atoms with Gasteiger partial charge in [0.15, 0.2) is 11.5 Å². The van der Waals surface area contributed by atoms with Gasteiger partial charge in [-0.05, 0) is 36.4 Å². The number of benzene rings is 2. The van der Waals surface area contributed by atoms with Gasteiger partial charge in [0.05, 0.1) is 19.8 Å². The number of hydrogen-bond acceptors (Lipinski definition) is 6. The van der Waals surface area contributed by atoms with Gasteiger partial charge in [-0.25, -0.2) is 4.98 Å². The largest absolute Gasteiger partial charge is 0.573 e. The van der Waals surface area contributed by atoms with Gasteiger partial charge in [0.25, 0.3) is 5.91 Å². The van der Waals surface area contributed by atoms with Crippen LogP contribution < -0.4 is 24.3 Å². The predicted octanol–water partition coefficient (Wildman–Crippen LogP) is 6.06. The van der Waals surface area contributed by atoms with Crippen molar-refractivity contribution in [3.63, 3.8) is 0 Å². The Labute approximate surface area is 194 Å². The third-order valence-electron chi connectivity index (χ3n) is 4.35. The van der Waals surface area contributed by atoms with E-state index in [1.54, 1.807) is 12.1 Å². The van der Waals surface area contributed by atoms with Crippen LogP contribution in [0.2, 0.25) is 0 Å². The highest BCUT2D eigenvalue weighted by Crippen LogP contribution is 2.44. The van der Waals surface area contributed by atoms with Crippen LogP contribution in [-0.2, 0) is 6.18 Å². The number of ether oxygens (including phenoxy) is 4. The van der Waals surface area contributed by atoms with Crippen molar-refractivity contribution in [2.75, 3.05) is 19.5 Å². The molecular formula is C22H16F6N2O5. The second kappa shape index (κ2) is 9.99. The molecule has 0 aliphatic rings. The normalized spacial score (nSPS) is 11.5. The Morgan fingerprint density at radius 3 is 2.17 bits per heavy atom. The van der Waals surface area contributed by atoms with E-state index in [1.165, 1.54) is 12.3 Å². The van der Waals surface area contributed by atoms with Gasteiger partial charge in [-0.3, -0.25) is 4.79 Å². The van der Waals surface area contributed by atoms with Crippen LogP contribution in [0.15, 0.2) is 54.7 Å². The van der Waals surface area contributed by atoms with Gasteiger partial charge in [0.2, 0.25) is 0 Å². The van der Waals surface area contributed by atoms with Gasteiger partial charge in [-0.2, -0.15) is 13.2 Å². The molecule has 0 saturated heterocycles. The summed E-state index contributed by atoms with van der Waals surface area (Å²) in [5.41, 5.74) is -1.88. The van der Waals surface area contributed by atoms with Gasteiger partial charge in [0.1, 0.15) is 28.6 Å². The van der Waals surface area contributed by atoms with Crippen molar-refractivity contribution in [2.24, 2.45) is 0 Å². The second-order valence-corrected chi connectivity index (χ2v) is 6.65. The van der Waals surface area contributed by atoms with Crippen molar-refractivity contribution in [1.82, 2.24) is 4.98 Å². The first-order valence-electron chi connectivity index (χ1n) is 9.55. The zero-order chi connectivity index (χ0) is 25.8. The number of methoxy groups -OCH3 is 2. The standard InChI is InChI=1S/C22H16F6N2O5/c1-32-16-11-12(35-22(26,27)28)6-8-14(16)34-15-9-7-13(21(23,24)25)19(33-2)18(15)20(31)30-17-5-3-4-10-29-17/h3-11H,1-2H3,(H,29,30,31). The lowest BCUT2D eigenvalue weighted by Crippen LogP contribution is -2.18. The summed E-state index contributed by atoms with van der Waals surface area (Å²) >= 11 is 0. The van der Waals surface area contributed by atoms with Crippen LogP contribution >= 0.6 is 0 Å². The smallest absolute Gasteiger partial charge is 0.495 e. The van der Waals surface area contributed by atoms with Gasteiger partial charge < -0.3 is 24.3 Å². The van der Waals surface area contributed by atoms with E-state index in [-0.39, 0.29) is 17.3 Å². The molecule has 2 aromatic carbocycles. The van der Waals surface area contributed by atoms with Crippen molar-refractivity contribution in [2.45, 2.75) is 12.5 Å². The van der Waals surface area contributed by atoms with Crippen LogP contribution in [0, 0.1) is 0 Å². The second-order valence-electron chi connectivity index (χ2n) is 6.65. The maximum atomic E-state index is 13.6. The van der Waals surface area contributed by atoms with E-state index in [0.717, 1.165) is 38.5 Å². The quantitative estimate of drug-likeness (QED) is 0.396. The topological polar surface area (TPSA) is 78.9 Å². The van der Waals surface area contributed by atoms with Crippen molar-refractivity contribution in [3.8, 4) is 28.7 Å². The highest BCUT2D eigenvalue weighted by atomic mass is 19.4. The Balaban J connectivity index is 2.08. The SMILES string of the molecule is COc1cc(OC(F)(F)F)ccc1Oc1ccc(C(F)(F)F)c(OC)c1C(=O)Nc1ccccn1. The number of pyridine rings is 1. The minimum absolute atomic E-state index is 0.0362. The number of carbonyl (C=O) groups excluding carboxylic acids is 1. The van der Waals surface area contributed by atoms with Crippen LogP contribution in [0.25, 0.3) is 0 Å². The maximum Gasteiger partial charge on any atom is 0.573 e. The van der Waals surface area contributed by atoms with E-state index in [2.05, 4.69) is 15.0 Å². The molecule has 0 atom stereocenters. The van der Waals surface area contributed by atoms with E-state index in [1.807, 2.05) is 0 Å². The number of amides is 1. The summed E-state index contributed by atoms with van der Waals surface area (Å²) in [5.74, 6) is -3.32. The molecule has 0 radical (unpaired) electrons. The van der Waals surface area contributed by atoms with Crippen molar-refractivity contribution >= 4 is 11.7 Å². The highest BCUT2D eigenvalue weighted by Gasteiger charge is 2.38. The molecule has 13 heteroatoms. The molecule has 7 nitrogen and oxygen atoms in total. The number of halogens is 6. The molecule has 0 unspecified atom stereocenters. The molecule has 0 spiro atoms. The molecule has 0 bridgehead atoms. The van der Waals surface area contributed by atoms with Crippen molar-refractivity contribution < 1.29 is 50.1 Å². The van der Waals surface area contributed by atoms with Crippen molar-refractivity contribution in [1.29, 1.82) is 0 Å². The fourth-order valence-electron chi connectivity index (χ4n) is 2.96. The molecule has 0 aliphatic carbocycles. The van der Waals surface area contributed by atoms with Crippen molar-refractivity contribution in [3.05, 3.63) is 65.9 Å². The summed E-state index contributed by atoms with van der Waals surface area (Å²) in [6.45, 7) is 0. The van der Waals surface area contributed by atoms with Crippen LogP contribution in [0.5, 0.6) is 28.7 Å². The highest BCUT2D eigenvalue weighted by molar-refractivity contribution is 6.08. The average Bonchev–Trinajstić information content (AvgIpc) is 2.78.